The zero-order valence-corrected chi connectivity index (χ0v) is 10.8. The summed E-state index contributed by atoms with van der Waals surface area (Å²) in [6, 6.07) is 0. The second-order valence-corrected chi connectivity index (χ2v) is 6.37. The molecule has 0 aromatic carbocycles. The highest BCUT2D eigenvalue weighted by Crippen LogP contribution is 2.52. The van der Waals surface area contributed by atoms with Gasteiger partial charge in [-0.25, -0.2) is 0 Å². The molecule has 5 atom stereocenters. The Balaban J connectivity index is 1.92. The lowest BCUT2D eigenvalue weighted by molar-refractivity contribution is 0.293. The van der Waals surface area contributed by atoms with Crippen LogP contribution < -0.4 is 0 Å². The molecule has 2 aliphatic rings. The average Bonchev–Trinajstić information content (AvgIpc) is 2.99. The maximum Gasteiger partial charge on any atom is -0.0352 e. The van der Waals surface area contributed by atoms with E-state index in [4.69, 9.17) is 0 Å². The molecule has 2 rings (SSSR count). The lowest BCUT2D eigenvalue weighted by Gasteiger charge is -2.20. The van der Waals surface area contributed by atoms with E-state index in [-0.39, 0.29) is 0 Å². The van der Waals surface area contributed by atoms with Gasteiger partial charge in [0.25, 0.3) is 0 Å². The smallest absolute Gasteiger partial charge is 0.0352 e. The van der Waals surface area contributed by atoms with E-state index in [1.807, 2.05) is 0 Å². The minimum Gasteiger partial charge on any atom is -0.0622 e. The van der Waals surface area contributed by atoms with Crippen LogP contribution >= 0.6 is 0 Å². The molecule has 88 valence electrons. The number of rotatable bonds is 0. The Kier molecular flexibility index (Phi) is 3.74. The first-order valence-electron chi connectivity index (χ1n) is 7.20. The molecule has 0 aromatic rings. The third kappa shape index (κ3) is 2.77. The van der Waals surface area contributed by atoms with Crippen molar-refractivity contribution >= 4 is 0 Å². The molecule has 0 bridgehead atoms. The Labute approximate surface area is 95.8 Å². The summed E-state index contributed by atoms with van der Waals surface area (Å²) < 4.78 is 0. The molecular weight excluding hydrogens is 180 g/mol. The summed E-state index contributed by atoms with van der Waals surface area (Å²) in [6.45, 7) is 7.50. The summed E-state index contributed by atoms with van der Waals surface area (Å²) in [5.74, 6) is 5.18. The molecule has 0 aromatic heterocycles. The fraction of sp³-hybridized carbons (Fsp3) is 1.00. The van der Waals surface area contributed by atoms with Gasteiger partial charge in [0.05, 0.1) is 0 Å². The van der Waals surface area contributed by atoms with Gasteiger partial charge in [-0.2, -0.15) is 0 Å². The zero-order valence-electron chi connectivity index (χ0n) is 10.8. The summed E-state index contributed by atoms with van der Waals surface area (Å²) in [5, 5.41) is 0. The molecule has 15 heavy (non-hydrogen) atoms. The van der Waals surface area contributed by atoms with E-state index >= 15 is 0 Å². The van der Waals surface area contributed by atoms with Crippen LogP contribution in [0, 0.1) is 29.6 Å². The molecule has 0 amide bonds. The van der Waals surface area contributed by atoms with Gasteiger partial charge >= 0.3 is 0 Å². The lowest BCUT2D eigenvalue weighted by atomic mass is 9.85. The van der Waals surface area contributed by atoms with Crippen LogP contribution in [0.5, 0.6) is 0 Å². The minimum absolute atomic E-state index is 0.977. The summed E-state index contributed by atoms with van der Waals surface area (Å²) in [6.07, 6.45) is 10.5. The number of fused-ring (bicyclic) bond motifs is 1. The molecule has 0 nitrogen and oxygen atoms in total. The van der Waals surface area contributed by atoms with Crippen molar-refractivity contribution in [2.45, 2.75) is 65.7 Å². The van der Waals surface area contributed by atoms with E-state index in [1.54, 1.807) is 6.42 Å². The van der Waals surface area contributed by atoms with E-state index in [1.165, 1.54) is 38.5 Å². The van der Waals surface area contributed by atoms with Gasteiger partial charge in [-0.15, -0.1) is 0 Å². The van der Waals surface area contributed by atoms with Gasteiger partial charge in [-0.05, 0) is 36.0 Å². The van der Waals surface area contributed by atoms with E-state index in [0.29, 0.717) is 0 Å². The van der Waals surface area contributed by atoms with Crippen molar-refractivity contribution in [3.8, 4) is 0 Å². The van der Waals surface area contributed by atoms with Crippen LogP contribution in [0.2, 0.25) is 0 Å². The highest BCUT2D eigenvalue weighted by Gasteiger charge is 2.44. The predicted octanol–water partition coefficient (Wildman–Crippen LogP) is 4.89. The molecule has 0 heteroatoms. The van der Waals surface area contributed by atoms with Gasteiger partial charge in [-0.1, -0.05) is 59.3 Å². The van der Waals surface area contributed by atoms with Crippen molar-refractivity contribution in [1.29, 1.82) is 0 Å². The predicted molar refractivity (Wildman–Crippen MR) is 66.8 cm³/mol. The Hall–Kier alpha value is 0. The SMILES string of the molecule is CC1CCCCCCC(C)C2CC2C1C. The third-order valence-electron chi connectivity index (χ3n) is 5.26. The van der Waals surface area contributed by atoms with Crippen molar-refractivity contribution in [3.05, 3.63) is 0 Å². The van der Waals surface area contributed by atoms with E-state index in [2.05, 4.69) is 20.8 Å². The molecule has 2 saturated carbocycles. The number of hydrogen-bond donors (Lipinski definition) is 0. The Bertz CT molecular complexity index is 196. The van der Waals surface area contributed by atoms with Gasteiger partial charge in [0.2, 0.25) is 0 Å². The molecule has 0 N–H and O–H groups in total. The lowest BCUT2D eigenvalue weighted by Crippen LogP contribution is -2.12. The van der Waals surface area contributed by atoms with E-state index in [9.17, 15) is 0 Å². The molecule has 5 unspecified atom stereocenters. The van der Waals surface area contributed by atoms with Crippen LogP contribution in [-0.4, -0.2) is 0 Å². The second-order valence-electron chi connectivity index (χ2n) is 6.37. The normalized spacial score (nSPS) is 47.8. The molecular formula is C15H28. The molecule has 0 saturated heterocycles. The summed E-state index contributed by atoms with van der Waals surface area (Å²) in [5.41, 5.74) is 0. The highest BCUT2D eigenvalue weighted by atomic mass is 14.5. The molecule has 0 heterocycles. The van der Waals surface area contributed by atoms with Gasteiger partial charge < -0.3 is 0 Å². The van der Waals surface area contributed by atoms with Crippen molar-refractivity contribution in [3.63, 3.8) is 0 Å². The Morgan fingerprint density at radius 3 is 1.93 bits per heavy atom. The topological polar surface area (TPSA) is 0 Å². The van der Waals surface area contributed by atoms with Crippen molar-refractivity contribution < 1.29 is 0 Å². The van der Waals surface area contributed by atoms with Crippen LogP contribution in [-0.2, 0) is 0 Å². The molecule has 0 spiro atoms. The fourth-order valence-corrected chi connectivity index (χ4v) is 3.68. The van der Waals surface area contributed by atoms with Gasteiger partial charge in [0, 0.05) is 0 Å². The average molecular weight is 208 g/mol. The second kappa shape index (κ2) is 4.89. The van der Waals surface area contributed by atoms with E-state index in [0.717, 1.165) is 29.6 Å². The van der Waals surface area contributed by atoms with Gasteiger partial charge in [-0.3, -0.25) is 0 Å². The monoisotopic (exact) mass is 208 g/mol. The minimum atomic E-state index is 0.977. The molecule has 2 aliphatic carbocycles. The largest absolute Gasteiger partial charge is 0.0622 e. The standard InChI is InChI=1S/C15H28/c1-11-8-6-4-5-7-9-12(2)14-10-15(14)13(11)3/h11-15H,4-10H2,1-3H3. The number of hydrogen-bond acceptors (Lipinski definition) is 0. The maximum atomic E-state index is 2.51. The van der Waals surface area contributed by atoms with E-state index < -0.39 is 0 Å². The first-order chi connectivity index (χ1) is 7.20. The summed E-state index contributed by atoms with van der Waals surface area (Å²) in [7, 11) is 0. The van der Waals surface area contributed by atoms with Gasteiger partial charge in [0.15, 0.2) is 0 Å². The quantitative estimate of drug-likeness (QED) is 0.532. The first-order valence-corrected chi connectivity index (χ1v) is 7.20. The molecule has 0 radical (unpaired) electrons. The molecule has 2 fully saturated rings. The summed E-state index contributed by atoms with van der Waals surface area (Å²) in [4.78, 5) is 0. The van der Waals surface area contributed by atoms with Crippen LogP contribution in [0.1, 0.15) is 65.7 Å². The fourth-order valence-electron chi connectivity index (χ4n) is 3.68. The first kappa shape index (κ1) is 11.5. The van der Waals surface area contributed by atoms with Crippen molar-refractivity contribution in [1.82, 2.24) is 0 Å². The van der Waals surface area contributed by atoms with Crippen molar-refractivity contribution in [2.24, 2.45) is 29.6 Å². The zero-order chi connectivity index (χ0) is 10.8. The van der Waals surface area contributed by atoms with Crippen LogP contribution in [0.4, 0.5) is 0 Å². The third-order valence-corrected chi connectivity index (χ3v) is 5.26. The van der Waals surface area contributed by atoms with Crippen LogP contribution in [0.25, 0.3) is 0 Å². The Morgan fingerprint density at radius 1 is 0.667 bits per heavy atom. The maximum absolute atomic E-state index is 2.51. The van der Waals surface area contributed by atoms with Crippen molar-refractivity contribution in [2.75, 3.05) is 0 Å². The molecule has 0 aliphatic heterocycles. The van der Waals surface area contributed by atoms with Crippen LogP contribution in [0.15, 0.2) is 0 Å². The van der Waals surface area contributed by atoms with Gasteiger partial charge in [0.1, 0.15) is 0 Å². The Morgan fingerprint density at radius 2 is 1.27 bits per heavy atom. The highest BCUT2D eigenvalue weighted by molar-refractivity contribution is 4.94. The van der Waals surface area contributed by atoms with Crippen LogP contribution in [0.3, 0.4) is 0 Å². The summed E-state index contributed by atoms with van der Waals surface area (Å²) >= 11 is 0.